The summed E-state index contributed by atoms with van der Waals surface area (Å²) in [5.41, 5.74) is 3.49. The molecule has 0 radical (unpaired) electrons. The number of halogens is 2. The zero-order valence-electron chi connectivity index (χ0n) is 10.5. The number of aryl methyl sites for hydroxylation is 1. The second kappa shape index (κ2) is 5.10. The first-order valence-corrected chi connectivity index (χ1v) is 7.31. The maximum atomic E-state index is 6.32. The molecule has 0 spiro atoms. The van der Waals surface area contributed by atoms with Gasteiger partial charge in [-0.15, -0.1) is 0 Å². The maximum Gasteiger partial charge on any atom is 0.132 e. The molecule has 0 bridgehead atoms. The molecule has 3 rings (SSSR count). The van der Waals surface area contributed by atoms with E-state index in [4.69, 9.17) is 11.6 Å². The van der Waals surface area contributed by atoms with Gasteiger partial charge in [0.25, 0.3) is 0 Å². The summed E-state index contributed by atoms with van der Waals surface area (Å²) in [7, 11) is 0. The molecule has 0 aliphatic carbocycles. The summed E-state index contributed by atoms with van der Waals surface area (Å²) in [6, 6.07) is 5.97. The lowest BCUT2D eigenvalue weighted by atomic mass is 10.00. The van der Waals surface area contributed by atoms with E-state index in [0.29, 0.717) is 0 Å². The van der Waals surface area contributed by atoms with Gasteiger partial charge in [0.1, 0.15) is 12.1 Å². The number of anilines is 1. The Labute approximate surface area is 125 Å². The van der Waals surface area contributed by atoms with Crippen LogP contribution in [0.15, 0.2) is 29.0 Å². The van der Waals surface area contributed by atoms with Gasteiger partial charge in [0.05, 0.1) is 0 Å². The first kappa shape index (κ1) is 12.9. The molecule has 98 valence electrons. The van der Waals surface area contributed by atoms with Crippen LogP contribution in [0.4, 0.5) is 5.82 Å². The molecule has 0 N–H and O–H groups in total. The summed E-state index contributed by atoms with van der Waals surface area (Å²) in [6.07, 6.45) is 2.59. The highest BCUT2D eigenvalue weighted by Crippen LogP contribution is 2.33. The van der Waals surface area contributed by atoms with Gasteiger partial charge in [0.2, 0.25) is 0 Å². The first-order valence-electron chi connectivity index (χ1n) is 6.14. The third-order valence-corrected chi connectivity index (χ3v) is 4.51. The lowest BCUT2D eigenvalue weighted by Gasteiger charge is -2.31. The lowest BCUT2D eigenvalue weighted by molar-refractivity contribution is 0.716. The van der Waals surface area contributed by atoms with Crippen molar-refractivity contribution in [2.24, 2.45) is 0 Å². The quantitative estimate of drug-likeness (QED) is 0.792. The van der Waals surface area contributed by atoms with Gasteiger partial charge >= 0.3 is 0 Å². The van der Waals surface area contributed by atoms with Gasteiger partial charge < -0.3 is 4.90 Å². The zero-order valence-corrected chi connectivity index (χ0v) is 12.9. The molecule has 0 amide bonds. The van der Waals surface area contributed by atoms with E-state index in [1.165, 1.54) is 11.1 Å². The van der Waals surface area contributed by atoms with Crippen molar-refractivity contribution in [3.63, 3.8) is 0 Å². The lowest BCUT2D eigenvalue weighted by Crippen LogP contribution is -2.31. The monoisotopic (exact) mass is 337 g/mol. The van der Waals surface area contributed by atoms with Gasteiger partial charge in [-0.3, -0.25) is 0 Å². The first-order chi connectivity index (χ1) is 9.15. The van der Waals surface area contributed by atoms with Gasteiger partial charge in [-0.1, -0.05) is 27.5 Å². The normalized spacial score (nSPS) is 14.4. The van der Waals surface area contributed by atoms with Crippen LogP contribution in [0.25, 0.3) is 0 Å². The molecule has 0 atom stereocenters. The Morgan fingerprint density at radius 2 is 2.11 bits per heavy atom. The predicted octanol–water partition coefficient (Wildman–Crippen LogP) is 3.76. The summed E-state index contributed by atoms with van der Waals surface area (Å²) < 4.78 is 1.14. The molecule has 2 heterocycles. The number of fused-ring (bicyclic) bond motifs is 1. The second-order valence-electron chi connectivity index (χ2n) is 4.68. The molecule has 1 aromatic heterocycles. The molecule has 1 aliphatic rings. The average molecular weight is 339 g/mol. The molecule has 19 heavy (non-hydrogen) atoms. The van der Waals surface area contributed by atoms with E-state index in [1.54, 1.807) is 6.33 Å². The Kier molecular flexibility index (Phi) is 3.46. The second-order valence-corrected chi connectivity index (χ2v) is 5.94. The molecular formula is C14H13BrClN3. The van der Waals surface area contributed by atoms with Crippen molar-refractivity contribution in [2.45, 2.75) is 19.9 Å². The molecule has 0 fully saturated rings. The van der Waals surface area contributed by atoms with E-state index >= 15 is 0 Å². The van der Waals surface area contributed by atoms with Gasteiger partial charge in [0.15, 0.2) is 0 Å². The number of hydrogen-bond acceptors (Lipinski definition) is 3. The molecule has 0 saturated carbocycles. The highest BCUT2D eigenvalue weighted by Gasteiger charge is 2.21. The largest absolute Gasteiger partial charge is 0.352 e. The summed E-state index contributed by atoms with van der Waals surface area (Å²) in [5.74, 6) is 0.967. The van der Waals surface area contributed by atoms with Crippen LogP contribution in [0.1, 0.15) is 16.8 Å². The minimum Gasteiger partial charge on any atom is -0.352 e. The number of hydrogen-bond donors (Lipinski definition) is 0. The Morgan fingerprint density at radius 3 is 2.89 bits per heavy atom. The van der Waals surface area contributed by atoms with Crippen molar-refractivity contribution < 1.29 is 0 Å². The summed E-state index contributed by atoms with van der Waals surface area (Å²) >= 11 is 9.92. The van der Waals surface area contributed by atoms with E-state index in [-0.39, 0.29) is 0 Å². The van der Waals surface area contributed by atoms with Crippen molar-refractivity contribution in [3.05, 3.63) is 50.8 Å². The van der Waals surface area contributed by atoms with Crippen LogP contribution in [0.3, 0.4) is 0 Å². The summed E-state index contributed by atoms with van der Waals surface area (Å²) in [6.45, 7) is 3.72. The number of benzene rings is 1. The smallest absolute Gasteiger partial charge is 0.132 e. The molecule has 0 unspecified atom stereocenters. The van der Waals surface area contributed by atoms with Crippen molar-refractivity contribution in [1.82, 2.24) is 9.97 Å². The van der Waals surface area contributed by atoms with Crippen molar-refractivity contribution >= 4 is 33.3 Å². The molecule has 1 aromatic carbocycles. The van der Waals surface area contributed by atoms with Crippen molar-refractivity contribution in [3.8, 4) is 0 Å². The van der Waals surface area contributed by atoms with Gasteiger partial charge in [-0.2, -0.15) is 0 Å². The van der Waals surface area contributed by atoms with Crippen LogP contribution in [-0.4, -0.2) is 16.5 Å². The molecule has 3 nitrogen and oxygen atoms in total. The molecular weight excluding hydrogens is 326 g/mol. The fourth-order valence-electron chi connectivity index (χ4n) is 2.40. The standard InChI is InChI=1S/C14H13BrClN3/c1-9-6-14(18-8-17-9)19-5-4-10-11(7-19)13(16)3-2-12(10)15/h2-3,6,8H,4-5,7H2,1H3. The van der Waals surface area contributed by atoms with Crippen LogP contribution in [-0.2, 0) is 13.0 Å². The minimum absolute atomic E-state index is 0.796. The van der Waals surface area contributed by atoms with Crippen LogP contribution in [0, 0.1) is 6.92 Å². The summed E-state index contributed by atoms with van der Waals surface area (Å²) in [5, 5.41) is 0.827. The van der Waals surface area contributed by atoms with Crippen LogP contribution >= 0.6 is 27.5 Å². The van der Waals surface area contributed by atoms with E-state index in [1.807, 2.05) is 25.1 Å². The van der Waals surface area contributed by atoms with Crippen molar-refractivity contribution in [1.29, 1.82) is 0 Å². The van der Waals surface area contributed by atoms with Crippen LogP contribution < -0.4 is 4.90 Å². The number of nitrogens with zero attached hydrogens (tertiary/aromatic N) is 3. The Balaban J connectivity index is 1.96. The van der Waals surface area contributed by atoms with Gasteiger partial charge in [-0.25, -0.2) is 9.97 Å². The Morgan fingerprint density at radius 1 is 1.26 bits per heavy atom. The number of aromatic nitrogens is 2. The SMILES string of the molecule is Cc1cc(N2CCc3c(Br)ccc(Cl)c3C2)ncn1. The van der Waals surface area contributed by atoms with Crippen LogP contribution in [0.2, 0.25) is 5.02 Å². The molecule has 0 saturated heterocycles. The predicted molar refractivity (Wildman–Crippen MR) is 80.7 cm³/mol. The Bertz CT molecular complexity index is 630. The third kappa shape index (κ3) is 2.47. The molecule has 1 aliphatic heterocycles. The fraction of sp³-hybridized carbons (Fsp3) is 0.286. The fourth-order valence-corrected chi connectivity index (χ4v) is 3.21. The van der Waals surface area contributed by atoms with Gasteiger partial charge in [-0.05, 0) is 36.6 Å². The highest BCUT2D eigenvalue weighted by molar-refractivity contribution is 9.10. The number of rotatable bonds is 1. The van der Waals surface area contributed by atoms with E-state index < -0.39 is 0 Å². The van der Waals surface area contributed by atoms with Crippen LogP contribution in [0.5, 0.6) is 0 Å². The van der Waals surface area contributed by atoms with E-state index in [2.05, 4.69) is 30.8 Å². The van der Waals surface area contributed by atoms with Gasteiger partial charge in [0, 0.05) is 34.3 Å². The molecule has 2 aromatic rings. The average Bonchev–Trinajstić information content (AvgIpc) is 2.43. The van der Waals surface area contributed by atoms with Crippen molar-refractivity contribution in [2.75, 3.05) is 11.4 Å². The van der Waals surface area contributed by atoms with E-state index in [0.717, 1.165) is 40.5 Å². The zero-order chi connectivity index (χ0) is 13.4. The topological polar surface area (TPSA) is 29.0 Å². The van der Waals surface area contributed by atoms with E-state index in [9.17, 15) is 0 Å². The molecule has 5 heteroatoms. The third-order valence-electron chi connectivity index (χ3n) is 3.41. The summed E-state index contributed by atoms with van der Waals surface area (Å²) in [4.78, 5) is 10.7. The highest BCUT2D eigenvalue weighted by atomic mass is 79.9. The Hall–Kier alpha value is -1.13. The maximum absolute atomic E-state index is 6.32. The minimum atomic E-state index is 0.796.